The van der Waals surface area contributed by atoms with E-state index in [1.165, 1.54) is 24.3 Å². The second kappa shape index (κ2) is 24.0. The van der Waals surface area contributed by atoms with E-state index in [9.17, 15) is 20.2 Å². The van der Waals surface area contributed by atoms with E-state index >= 15 is 0 Å². The van der Waals surface area contributed by atoms with Gasteiger partial charge >= 0.3 is 17.6 Å². The van der Waals surface area contributed by atoms with Crippen LogP contribution in [0.15, 0.2) is 60.7 Å². The van der Waals surface area contributed by atoms with Crippen LogP contribution >= 0.6 is 0 Å². The summed E-state index contributed by atoms with van der Waals surface area (Å²) < 4.78 is 59.7. The van der Waals surface area contributed by atoms with Crippen molar-refractivity contribution in [2.24, 2.45) is 0 Å². The van der Waals surface area contributed by atoms with Crippen LogP contribution in [0, 0.1) is 20.2 Å². The van der Waals surface area contributed by atoms with Gasteiger partial charge in [-0.05, 0) is 74.9 Å². The molecule has 2 saturated heterocycles. The van der Waals surface area contributed by atoms with Gasteiger partial charge in [-0.3, -0.25) is 20.2 Å². The molecule has 2 unspecified atom stereocenters. The van der Waals surface area contributed by atoms with Gasteiger partial charge in [0.1, 0.15) is 11.5 Å². The summed E-state index contributed by atoms with van der Waals surface area (Å²) >= 11 is 0. The van der Waals surface area contributed by atoms with Gasteiger partial charge in [0.2, 0.25) is 0 Å². The molecule has 0 aliphatic carbocycles. The number of hydrogen-bond acceptors (Lipinski definition) is 16. The first-order chi connectivity index (χ1) is 30.0. The van der Waals surface area contributed by atoms with E-state index in [1.54, 1.807) is 66.9 Å². The Morgan fingerprint density at radius 1 is 0.581 bits per heavy atom. The van der Waals surface area contributed by atoms with Crippen molar-refractivity contribution in [2.75, 3.05) is 92.0 Å². The van der Waals surface area contributed by atoms with Crippen LogP contribution in [-0.2, 0) is 49.2 Å². The summed E-state index contributed by atoms with van der Waals surface area (Å²) in [7, 11) is 3.90. The molecule has 2 aliphatic heterocycles. The molecule has 2 aliphatic rings. The predicted octanol–water partition coefficient (Wildman–Crippen LogP) is 7.17. The number of nitro groups is 2. The van der Waals surface area contributed by atoms with Gasteiger partial charge in [-0.2, -0.15) is 0 Å². The Hall–Kier alpha value is -4.23. The van der Waals surface area contributed by atoms with Crippen molar-refractivity contribution in [1.29, 1.82) is 0 Å². The molecular weight excluding hydrogens is 841 g/mol. The zero-order chi connectivity index (χ0) is 44.5. The molecule has 3 aromatic rings. The van der Waals surface area contributed by atoms with Gasteiger partial charge < -0.3 is 55.3 Å². The van der Waals surface area contributed by atoms with Crippen LogP contribution < -0.4 is 19.3 Å². The maximum absolute atomic E-state index is 11.3. The van der Waals surface area contributed by atoms with Crippen LogP contribution in [0.2, 0.25) is 12.1 Å². The average Bonchev–Trinajstić information content (AvgIpc) is 3.98. The Morgan fingerprint density at radius 2 is 0.935 bits per heavy atom. The van der Waals surface area contributed by atoms with Crippen molar-refractivity contribution in [1.82, 2.24) is 0 Å². The molecule has 3 aromatic carbocycles. The average molecular weight is 903 g/mol. The Bertz CT molecular complexity index is 1700. The van der Waals surface area contributed by atoms with Gasteiger partial charge in [0.25, 0.3) is 11.4 Å². The lowest BCUT2D eigenvalue weighted by atomic mass is 10.1. The van der Waals surface area contributed by atoms with Crippen molar-refractivity contribution in [2.45, 2.75) is 75.9 Å². The van der Waals surface area contributed by atoms with Gasteiger partial charge in [0, 0.05) is 115 Å². The van der Waals surface area contributed by atoms with Gasteiger partial charge in [-0.15, -0.1) is 0 Å². The predicted molar refractivity (Wildman–Crippen MR) is 236 cm³/mol. The third kappa shape index (κ3) is 12.9. The number of nitro benzene ring substituents is 2. The van der Waals surface area contributed by atoms with Crippen LogP contribution in [-0.4, -0.2) is 122 Å². The third-order valence-electron chi connectivity index (χ3n) is 11.6. The summed E-state index contributed by atoms with van der Waals surface area (Å²) in [6.07, 6.45) is 5.03. The summed E-state index contributed by atoms with van der Waals surface area (Å²) in [5.41, 5.74) is 3.55. The second-order valence-corrected chi connectivity index (χ2v) is 21.3. The highest BCUT2D eigenvalue weighted by Crippen LogP contribution is 2.34. The van der Waals surface area contributed by atoms with Gasteiger partial charge in [-0.1, -0.05) is 0 Å². The fourth-order valence-electron chi connectivity index (χ4n) is 8.03. The van der Waals surface area contributed by atoms with Crippen LogP contribution in [0.3, 0.4) is 0 Å². The molecular formula is C42H62N4O14Si2. The lowest BCUT2D eigenvalue weighted by Crippen LogP contribution is -2.42. The van der Waals surface area contributed by atoms with Gasteiger partial charge in [0.15, 0.2) is 0 Å². The molecule has 2 atom stereocenters. The molecule has 2 fully saturated rings. The highest BCUT2D eigenvalue weighted by atomic mass is 28.4. The first-order valence-electron chi connectivity index (χ1n) is 20.9. The summed E-state index contributed by atoms with van der Waals surface area (Å²) in [6.45, 7) is 3.73. The number of ether oxygens (including phenoxy) is 4. The minimum absolute atomic E-state index is 0.0556. The number of rotatable bonds is 28. The second-order valence-electron chi connectivity index (χ2n) is 15.1. The van der Waals surface area contributed by atoms with Crippen molar-refractivity contribution in [3.63, 3.8) is 0 Å². The van der Waals surface area contributed by atoms with Crippen molar-refractivity contribution >= 4 is 40.4 Å². The molecule has 0 amide bonds. The zero-order valence-corrected chi connectivity index (χ0v) is 38.7. The van der Waals surface area contributed by atoms with E-state index in [1.807, 2.05) is 12.1 Å². The number of nitrogens with zero attached hydrogens (tertiary/aromatic N) is 4. The minimum atomic E-state index is -2.82. The topological polar surface area (TPSA) is 185 Å². The highest BCUT2D eigenvalue weighted by molar-refractivity contribution is 6.60. The Balaban J connectivity index is 1.35. The van der Waals surface area contributed by atoms with E-state index < -0.39 is 27.5 Å². The quantitative estimate of drug-likeness (QED) is 0.0309. The fourth-order valence-corrected chi connectivity index (χ4v) is 11.4. The number of anilines is 2. The van der Waals surface area contributed by atoms with E-state index in [0.717, 1.165) is 61.3 Å². The molecule has 2 heterocycles. The lowest BCUT2D eigenvalue weighted by Gasteiger charge is -2.27. The monoisotopic (exact) mass is 902 g/mol. The van der Waals surface area contributed by atoms with E-state index in [-0.39, 0.29) is 36.7 Å². The highest BCUT2D eigenvalue weighted by Gasteiger charge is 2.38. The van der Waals surface area contributed by atoms with Crippen LogP contribution in [0.1, 0.15) is 49.7 Å². The Morgan fingerprint density at radius 3 is 1.26 bits per heavy atom. The van der Waals surface area contributed by atoms with E-state index in [0.29, 0.717) is 62.9 Å². The molecule has 342 valence electrons. The lowest BCUT2D eigenvalue weighted by molar-refractivity contribution is -0.385. The zero-order valence-electron chi connectivity index (χ0n) is 36.7. The standard InChI is InChI=1S/C42H62N4O14Si2/c1-51-61(52-2,53-3)25-9-23-59-41-27-34(30-58-32-40-12-8-22-44(40)36-15-19-38(20-16-36)46(49)50)42(60-24-10-26-62(54-4,55-5)56-6)28-33(41)29-57-31-39-11-7-21-43(39)35-13-17-37(18-14-35)45(47)48/h13-20,27-28,39-40H,7-12,21-26,29-32H2,1-6H3. The molecule has 62 heavy (non-hydrogen) atoms. The molecule has 0 aromatic heterocycles. The number of benzene rings is 3. The SMILES string of the molecule is CO[Si](CCCOc1cc(COCC2CCCN2c2ccc([N+](=O)[O-])cc2)c(OCCC[Si](OC)(OC)OC)cc1COCC1CCCN1c1ccc([N+](=O)[O-])cc1)(OC)OC. The molecule has 18 nitrogen and oxygen atoms in total. The van der Waals surface area contributed by atoms with Crippen molar-refractivity contribution in [3.05, 3.63) is 92.0 Å². The normalized spacial score (nSPS) is 16.9. The van der Waals surface area contributed by atoms with Crippen LogP contribution in [0.25, 0.3) is 0 Å². The maximum atomic E-state index is 11.3. The van der Waals surface area contributed by atoms with Gasteiger partial charge in [-0.25, -0.2) is 0 Å². The first-order valence-corrected chi connectivity index (χ1v) is 24.8. The molecule has 0 radical (unpaired) electrons. The van der Waals surface area contributed by atoms with Crippen LogP contribution in [0.4, 0.5) is 22.7 Å². The van der Waals surface area contributed by atoms with E-state index in [4.69, 9.17) is 45.5 Å². The minimum Gasteiger partial charge on any atom is -0.493 e. The van der Waals surface area contributed by atoms with Crippen molar-refractivity contribution in [3.8, 4) is 11.5 Å². The third-order valence-corrected chi connectivity index (χ3v) is 17.2. The molecule has 5 rings (SSSR count). The van der Waals surface area contributed by atoms with E-state index in [2.05, 4.69) is 9.80 Å². The first kappa shape index (κ1) is 48.8. The fraction of sp³-hybridized carbons (Fsp3) is 0.571. The van der Waals surface area contributed by atoms with Crippen LogP contribution in [0.5, 0.6) is 11.5 Å². The molecule has 20 heteroatoms. The summed E-state index contributed by atoms with van der Waals surface area (Å²) in [4.78, 5) is 26.2. The maximum Gasteiger partial charge on any atom is 0.500 e. The van der Waals surface area contributed by atoms with Gasteiger partial charge in [0.05, 0.1) is 61.6 Å². The summed E-state index contributed by atoms with van der Waals surface area (Å²) in [5, 5.41) is 22.5. The summed E-state index contributed by atoms with van der Waals surface area (Å²) in [6, 6.07) is 18.5. The number of hydrogen-bond donors (Lipinski definition) is 0. The molecule has 0 bridgehead atoms. The molecule has 0 spiro atoms. The number of non-ortho nitro benzene ring substituents is 2. The Kier molecular flexibility index (Phi) is 18.9. The Labute approximate surface area is 366 Å². The smallest absolute Gasteiger partial charge is 0.493 e. The largest absolute Gasteiger partial charge is 0.500 e. The molecule has 0 saturated carbocycles. The van der Waals surface area contributed by atoms with Crippen molar-refractivity contribution < 1.29 is 55.4 Å². The molecule has 0 N–H and O–H groups in total. The summed E-state index contributed by atoms with van der Waals surface area (Å²) in [5.74, 6) is 1.26.